The Kier molecular flexibility index (Phi) is 8.27. The van der Waals surface area contributed by atoms with Crippen LogP contribution < -0.4 is 14.9 Å². The normalized spacial score (nSPS) is 10.8. The molecule has 7 heteroatoms. The predicted octanol–water partition coefficient (Wildman–Crippen LogP) is 5.80. The average Bonchev–Trinajstić information content (AvgIpc) is 2.75. The first-order valence-corrected chi connectivity index (χ1v) is 11.2. The summed E-state index contributed by atoms with van der Waals surface area (Å²) in [6, 6.07) is 20.7. The van der Waals surface area contributed by atoms with Crippen LogP contribution in [0.25, 0.3) is 0 Å². The van der Waals surface area contributed by atoms with Crippen molar-refractivity contribution in [3.63, 3.8) is 0 Å². The number of benzene rings is 3. The smallest absolute Gasteiger partial charge is 0.271 e. The fourth-order valence-electron chi connectivity index (χ4n) is 2.62. The van der Waals surface area contributed by atoms with Gasteiger partial charge in [-0.1, -0.05) is 46.3 Å². The molecule has 0 saturated carbocycles. The number of hydrogen-bond donors (Lipinski definition) is 1. The van der Waals surface area contributed by atoms with Crippen molar-refractivity contribution in [1.82, 2.24) is 5.43 Å². The summed E-state index contributed by atoms with van der Waals surface area (Å²) in [4.78, 5) is 12.1. The van der Waals surface area contributed by atoms with E-state index in [1.165, 1.54) is 0 Å². The van der Waals surface area contributed by atoms with Crippen molar-refractivity contribution in [1.29, 1.82) is 0 Å². The van der Waals surface area contributed by atoms with E-state index in [1.807, 2.05) is 61.5 Å². The minimum absolute atomic E-state index is 0.263. The van der Waals surface area contributed by atoms with Crippen LogP contribution in [-0.4, -0.2) is 18.7 Å². The molecule has 3 rings (SSSR count). The number of nitrogens with one attached hydrogen (secondary N) is 1. The van der Waals surface area contributed by atoms with E-state index in [2.05, 4.69) is 49.0 Å². The minimum Gasteiger partial charge on any atom is -0.490 e. The van der Waals surface area contributed by atoms with Crippen molar-refractivity contribution in [2.75, 3.05) is 6.61 Å². The molecule has 0 fully saturated rings. The van der Waals surface area contributed by atoms with Crippen LogP contribution in [0.4, 0.5) is 0 Å². The number of carbonyl (C=O) groups excluding carboxylic acids is 1. The summed E-state index contributed by atoms with van der Waals surface area (Å²) in [6.45, 7) is 2.87. The van der Waals surface area contributed by atoms with E-state index < -0.39 is 0 Å². The van der Waals surface area contributed by atoms with Crippen LogP contribution in [0, 0.1) is 3.57 Å². The van der Waals surface area contributed by atoms with Gasteiger partial charge in [0.15, 0.2) is 11.5 Å². The molecule has 0 unspecified atom stereocenters. The Morgan fingerprint density at radius 1 is 1.10 bits per heavy atom. The van der Waals surface area contributed by atoms with E-state index in [1.54, 1.807) is 18.3 Å². The highest BCUT2D eigenvalue weighted by Crippen LogP contribution is 2.34. The Labute approximate surface area is 197 Å². The van der Waals surface area contributed by atoms with Gasteiger partial charge in [-0.15, -0.1) is 0 Å². The van der Waals surface area contributed by atoms with Gasteiger partial charge >= 0.3 is 0 Å². The van der Waals surface area contributed by atoms with Gasteiger partial charge in [-0.2, -0.15) is 5.10 Å². The van der Waals surface area contributed by atoms with E-state index in [-0.39, 0.29) is 5.91 Å². The van der Waals surface area contributed by atoms with Crippen LogP contribution in [0.5, 0.6) is 11.5 Å². The summed E-state index contributed by atoms with van der Waals surface area (Å²) in [5.74, 6) is 1.06. The molecular weight excluding hydrogens is 559 g/mol. The van der Waals surface area contributed by atoms with Crippen molar-refractivity contribution in [3.05, 3.63) is 91.5 Å². The third kappa shape index (κ3) is 6.30. The van der Waals surface area contributed by atoms with Gasteiger partial charge in [-0.3, -0.25) is 4.79 Å². The van der Waals surface area contributed by atoms with Crippen LogP contribution in [0.15, 0.2) is 76.3 Å². The molecule has 154 valence electrons. The number of hydrogen-bond acceptors (Lipinski definition) is 4. The SMILES string of the molecule is CCOc1cc(/C=N\NC(=O)c2ccccc2)cc(I)c1OCc1ccc(Br)cc1. The molecule has 1 amide bonds. The number of rotatable bonds is 8. The third-order valence-corrected chi connectivity index (χ3v) is 5.37. The third-order valence-electron chi connectivity index (χ3n) is 4.04. The van der Waals surface area contributed by atoms with Crippen LogP contribution in [-0.2, 0) is 6.61 Å². The zero-order chi connectivity index (χ0) is 21.3. The van der Waals surface area contributed by atoms with Crippen molar-refractivity contribution in [2.45, 2.75) is 13.5 Å². The first-order valence-electron chi connectivity index (χ1n) is 9.29. The molecule has 3 aromatic carbocycles. The molecule has 0 aliphatic carbocycles. The maximum Gasteiger partial charge on any atom is 0.271 e. The highest BCUT2D eigenvalue weighted by atomic mass is 127. The average molecular weight is 579 g/mol. The molecule has 0 bridgehead atoms. The first-order chi connectivity index (χ1) is 14.6. The highest BCUT2D eigenvalue weighted by Gasteiger charge is 2.12. The number of nitrogens with zero attached hydrogens (tertiary/aromatic N) is 1. The molecule has 0 atom stereocenters. The Morgan fingerprint density at radius 3 is 2.53 bits per heavy atom. The Morgan fingerprint density at radius 2 is 1.83 bits per heavy atom. The summed E-state index contributed by atoms with van der Waals surface area (Å²) >= 11 is 5.65. The van der Waals surface area contributed by atoms with Crippen molar-refractivity contribution < 1.29 is 14.3 Å². The Bertz CT molecular complexity index is 1020. The zero-order valence-corrected chi connectivity index (χ0v) is 20.0. The second kappa shape index (κ2) is 11.1. The van der Waals surface area contributed by atoms with Crippen molar-refractivity contribution in [2.24, 2.45) is 5.10 Å². The monoisotopic (exact) mass is 578 g/mol. The standard InChI is InChI=1S/C23H20BrIN2O3/c1-2-29-21-13-17(14-26-27-23(28)18-6-4-3-5-7-18)12-20(25)22(21)30-15-16-8-10-19(24)11-9-16/h3-14H,2,15H2,1H3,(H,27,28)/b26-14-. The molecule has 0 aliphatic rings. The molecule has 30 heavy (non-hydrogen) atoms. The number of halogens is 2. The molecule has 0 saturated heterocycles. The fourth-order valence-corrected chi connectivity index (χ4v) is 3.67. The van der Waals surface area contributed by atoms with E-state index in [4.69, 9.17) is 9.47 Å². The molecule has 0 heterocycles. The minimum atomic E-state index is -0.263. The quantitative estimate of drug-likeness (QED) is 0.209. The molecule has 1 N–H and O–H groups in total. The van der Waals surface area contributed by atoms with Gasteiger partial charge in [-0.05, 0) is 77.0 Å². The molecule has 0 aliphatic heterocycles. The first kappa shape index (κ1) is 22.3. The highest BCUT2D eigenvalue weighted by molar-refractivity contribution is 14.1. The maximum absolute atomic E-state index is 12.1. The Balaban J connectivity index is 1.71. The summed E-state index contributed by atoms with van der Waals surface area (Å²) in [7, 11) is 0. The van der Waals surface area contributed by atoms with Gasteiger partial charge < -0.3 is 9.47 Å². The van der Waals surface area contributed by atoms with E-state index in [0.29, 0.717) is 30.3 Å². The largest absolute Gasteiger partial charge is 0.490 e. The van der Waals surface area contributed by atoms with Gasteiger partial charge in [0.1, 0.15) is 6.61 Å². The second-order valence-electron chi connectivity index (χ2n) is 6.24. The van der Waals surface area contributed by atoms with E-state index in [0.717, 1.165) is 19.2 Å². The van der Waals surface area contributed by atoms with Crippen molar-refractivity contribution >= 4 is 50.6 Å². The van der Waals surface area contributed by atoms with Crippen LogP contribution in [0.2, 0.25) is 0 Å². The topological polar surface area (TPSA) is 59.9 Å². The number of amides is 1. The molecule has 5 nitrogen and oxygen atoms in total. The number of carbonyl (C=O) groups is 1. The van der Waals surface area contributed by atoms with Crippen LogP contribution >= 0.6 is 38.5 Å². The molecular formula is C23H20BrIN2O3. The zero-order valence-electron chi connectivity index (χ0n) is 16.3. The fraction of sp³-hybridized carbons (Fsp3) is 0.130. The Hall–Kier alpha value is -2.39. The maximum atomic E-state index is 12.1. The van der Waals surface area contributed by atoms with Crippen LogP contribution in [0.1, 0.15) is 28.4 Å². The molecule has 0 spiro atoms. The van der Waals surface area contributed by atoms with Gasteiger partial charge in [0, 0.05) is 10.0 Å². The van der Waals surface area contributed by atoms with Crippen molar-refractivity contribution in [3.8, 4) is 11.5 Å². The van der Waals surface area contributed by atoms with Gasteiger partial charge in [-0.25, -0.2) is 5.43 Å². The summed E-state index contributed by atoms with van der Waals surface area (Å²) in [5.41, 5.74) is 4.95. The number of ether oxygens (including phenoxy) is 2. The number of hydrazone groups is 1. The van der Waals surface area contributed by atoms with Crippen LogP contribution in [0.3, 0.4) is 0 Å². The summed E-state index contributed by atoms with van der Waals surface area (Å²) in [6.07, 6.45) is 1.59. The lowest BCUT2D eigenvalue weighted by Crippen LogP contribution is -2.17. The van der Waals surface area contributed by atoms with E-state index >= 15 is 0 Å². The second-order valence-corrected chi connectivity index (χ2v) is 8.32. The molecule has 0 radical (unpaired) electrons. The lowest BCUT2D eigenvalue weighted by molar-refractivity contribution is 0.0955. The lowest BCUT2D eigenvalue weighted by Gasteiger charge is -2.15. The molecule has 3 aromatic rings. The summed E-state index contributed by atoms with van der Waals surface area (Å²) in [5, 5.41) is 4.06. The molecule has 0 aromatic heterocycles. The van der Waals surface area contributed by atoms with Gasteiger partial charge in [0.2, 0.25) is 0 Å². The summed E-state index contributed by atoms with van der Waals surface area (Å²) < 4.78 is 13.7. The predicted molar refractivity (Wildman–Crippen MR) is 130 cm³/mol. The van der Waals surface area contributed by atoms with E-state index in [9.17, 15) is 4.79 Å². The van der Waals surface area contributed by atoms with Gasteiger partial charge in [0.05, 0.1) is 16.4 Å². The lowest BCUT2D eigenvalue weighted by atomic mass is 10.2. The van der Waals surface area contributed by atoms with Gasteiger partial charge in [0.25, 0.3) is 5.91 Å².